The van der Waals surface area contributed by atoms with E-state index >= 15 is 0 Å². The number of hydrogen-bond donors (Lipinski definition) is 2. The summed E-state index contributed by atoms with van der Waals surface area (Å²) in [5, 5.41) is 10.8. The first kappa shape index (κ1) is 17.5. The molecule has 2 aromatic rings. The Bertz CT molecular complexity index is 766. The number of H-pyrrole nitrogens is 1. The van der Waals surface area contributed by atoms with E-state index in [9.17, 15) is 9.90 Å². The molecule has 132 valence electrons. The van der Waals surface area contributed by atoms with E-state index in [1.807, 2.05) is 20.8 Å². The van der Waals surface area contributed by atoms with Crippen LogP contribution in [0.25, 0.3) is 10.2 Å². The van der Waals surface area contributed by atoms with Crippen molar-refractivity contribution in [2.24, 2.45) is 0 Å². The first-order valence-electron chi connectivity index (χ1n) is 8.48. The van der Waals surface area contributed by atoms with Crippen LogP contribution in [0.1, 0.15) is 36.0 Å². The second kappa shape index (κ2) is 7.31. The number of nitrogens with zero attached hydrogens (tertiary/aromatic N) is 2. The average molecular weight is 351 g/mol. The Morgan fingerprint density at radius 3 is 2.88 bits per heavy atom. The molecule has 1 aliphatic carbocycles. The molecular weight excluding hydrogens is 326 g/mol. The molecule has 1 saturated carbocycles. The van der Waals surface area contributed by atoms with Gasteiger partial charge in [-0.05, 0) is 39.2 Å². The number of aliphatic hydroxyl groups is 1. The third-order valence-electron chi connectivity index (χ3n) is 4.46. The van der Waals surface area contributed by atoms with Crippen molar-refractivity contribution in [2.75, 3.05) is 19.8 Å². The minimum atomic E-state index is -0.521. The van der Waals surface area contributed by atoms with E-state index in [1.165, 1.54) is 0 Å². The molecule has 0 bridgehead atoms. The molecule has 0 spiro atoms. The summed E-state index contributed by atoms with van der Waals surface area (Å²) in [5.74, 6) is 0.671. The highest BCUT2D eigenvalue weighted by Crippen LogP contribution is 2.29. The minimum Gasteiger partial charge on any atom is -0.389 e. The molecule has 0 amide bonds. The van der Waals surface area contributed by atoms with Crippen LogP contribution in [0.5, 0.6) is 0 Å². The Morgan fingerprint density at radius 2 is 2.21 bits per heavy atom. The molecule has 0 aromatic carbocycles. The number of thiophene rings is 1. The largest absolute Gasteiger partial charge is 0.389 e. The summed E-state index contributed by atoms with van der Waals surface area (Å²) in [4.78, 5) is 24.1. The van der Waals surface area contributed by atoms with Crippen molar-refractivity contribution in [1.29, 1.82) is 0 Å². The molecule has 0 radical (unpaired) electrons. The topological polar surface area (TPSA) is 78.5 Å². The van der Waals surface area contributed by atoms with Gasteiger partial charge in [-0.1, -0.05) is 0 Å². The zero-order valence-corrected chi connectivity index (χ0v) is 15.3. The van der Waals surface area contributed by atoms with Crippen molar-refractivity contribution in [1.82, 2.24) is 14.9 Å². The molecule has 24 heavy (non-hydrogen) atoms. The fraction of sp³-hybridized carbons (Fsp3) is 0.647. The van der Waals surface area contributed by atoms with Gasteiger partial charge in [0.15, 0.2) is 0 Å². The molecular formula is C17H25N3O3S. The van der Waals surface area contributed by atoms with Gasteiger partial charge in [-0.2, -0.15) is 0 Å². The zero-order valence-electron chi connectivity index (χ0n) is 14.5. The van der Waals surface area contributed by atoms with E-state index in [0.29, 0.717) is 43.6 Å². The van der Waals surface area contributed by atoms with Crippen LogP contribution in [-0.2, 0) is 11.3 Å². The molecule has 6 nitrogen and oxygen atoms in total. The molecule has 0 aliphatic heterocycles. The van der Waals surface area contributed by atoms with Crippen LogP contribution in [0, 0.1) is 13.8 Å². The van der Waals surface area contributed by atoms with Gasteiger partial charge < -0.3 is 14.8 Å². The van der Waals surface area contributed by atoms with E-state index in [2.05, 4.69) is 14.9 Å². The highest BCUT2D eigenvalue weighted by molar-refractivity contribution is 7.18. The normalized spacial score (nSPS) is 16.2. The number of ether oxygens (including phenoxy) is 1. The van der Waals surface area contributed by atoms with Gasteiger partial charge >= 0.3 is 0 Å². The first-order valence-corrected chi connectivity index (χ1v) is 9.30. The number of nitrogens with one attached hydrogen (secondary N) is 1. The lowest BCUT2D eigenvalue weighted by atomic mass is 10.2. The number of hydrogen-bond acceptors (Lipinski definition) is 6. The quantitative estimate of drug-likeness (QED) is 0.760. The number of aromatic nitrogens is 2. The lowest BCUT2D eigenvalue weighted by Crippen LogP contribution is -2.37. The average Bonchev–Trinajstić information content (AvgIpc) is 3.32. The van der Waals surface area contributed by atoms with Gasteiger partial charge in [0.25, 0.3) is 5.56 Å². The number of aryl methyl sites for hydroxylation is 2. The molecule has 1 atom stereocenters. The van der Waals surface area contributed by atoms with Gasteiger partial charge in [0, 0.05) is 24.1 Å². The summed E-state index contributed by atoms with van der Waals surface area (Å²) in [6, 6.07) is 0.467. The summed E-state index contributed by atoms with van der Waals surface area (Å²) in [6.45, 7) is 7.92. The van der Waals surface area contributed by atoms with Crippen molar-refractivity contribution >= 4 is 21.6 Å². The summed E-state index contributed by atoms with van der Waals surface area (Å²) in [7, 11) is 0. The van der Waals surface area contributed by atoms with Gasteiger partial charge in [-0.3, -0.25) is 9.69 Å². The lowest BCUT2D eigenvalue weighted by Gasteiger charge is -2.24. The Labute approximate surface area is 145 Å². The van der Waals surface area contributed by atoms with E-state index < -0.39 is 6.10 Å². The molecule has 2 N–H and O–H groups in total. The number of aromatic amines is 1. The van der Waals surface area contributed by atoms with Crippen LogP contribution in [0.15, 0.2) is 4.79 Å². The van der Waals surface area contributed by atoms with Gasteiger partial charge in [0.2, 0.25) is 0 Å². The summed E-state index contributed by atoms with van der Waals surface area (Å²) in [6.07, 6.45) is 1.74. The van der Waals surface area contributed by atoms with Crippen molar-refractivity contribution in [3.8, 4) is 0 Å². The predicted molar refractivity (Wildman–Crippen MR) is 95.6 cm³/mol. The fourth-order valence-electron chi connectivity index (χ4n) is 2.93. The molecule has 2 heterocycles. The van der Waals surface area contributed by atoms with E-state index in [4.69, 9.17) is 4.74 Å². The smallest absolute Gasteiger partial charge is 0.259 e. The summed E-state index contributed by atoms with van der Waals surface area (Å²) >= 11 is 1.56. The zero-order chi connectivity index (χ0) is 17.3. The van der Waals surface area contributed by atoms with Crippen LogP contribution >= 0.6 is 11.3 Å². The first-order chi connectivity index (χ1) is 11.5. The highest BCUT2D eigenvalue weighted by atomic mass is 32.1. The third kappa shape index (κ3) is 3.85. The second-order valence-corrected chi connectivity index (χ2v) is 7.65. The van der Waals surface area contributed by atoms with Crippen molar-refractivity contribution in [2.45, 2.75) is 52.3 Å². The third-order valence-corrected chi connectivity index (χ3v) is 5.56. The maximum atomic E-state index is 12.4. The highest BCUT2D eigenvalue weighted by Gasteiger charge is 2.31. The Morgan fingerprint density at radius 1 is 1.46 bits per heavy atom. The van der Waals surface area contributed by atoms with Crippen LogP contribution in [0.2, 0.25) is 0 Å². The van der Waals surface area contributed by atoms with Gasteiger partial charge in [0.05, 0.1) is 24.6 Å². The molecule has 1 aliphatic rings. The molecule has 3 rings (SSSR count). The van der Waals surface area contributed by atoms with Gasteiger partial charge in [0.1, 0.15) is 10.7 Å². The standard InChI is InChI=1S/C17H25N3O3S/c1-4-23-9-13(21)7-20(12-5-6-12)8-14-18-16(22)15-10(2)11(3)24-17(15)19-14/h12-13,21H,4-9H2,1-3H3,(H,18,19,22). The maximum Gasteiger partial charge on any atom is 0.259 e. The Balaban J connectivity index is 1.77. The Hall–Kier alpha value is -1.28. The fourth-order valence-corrected chi connectivity index (χ4v) is 3.98. The number of aliphatic hydroxyl groups excluding tert-OH is 1. The maximum absolute atomic E-state index is 12.4. The van der Waals surface area contributed by atoms with Crippen LogP contribution in [-0.4, -0.2) is 51.9 Å². The van der Waals surface area contributed by atoms with E-state index in [0.717, 1.165) is 28.1 Å². The molecule has 1 fully saturated rings. The number of fused-ring (bicyclic) bond motifs is 1. The number of rotatable bonds is 8. The van der Waals surface area contributed by atoms with Crippen LogP contribution in [0.3, 0.4) is 0 Å². The van der Waals surface area contributed by atoms with Crippen molar-refractivity contribution in [3.05, 3.63) is 26.6 Å². The predicted octanol–water partition coefficient (Wildman–Crippen LogP) is 1.96. The minimum absolute atomic E-state index is 0.0672. The van der Waals surface area contributed by atoms with E-state index in [1.54, 1.807) is 11.3 Å². The second-order valence-electron chi connectivity index (χ2n) is 6.45. The van der Waals surface area contributed by atoms with Crippen LogP contribution in [0.4, 0.5) is 0 Å². The monoisotopic (exact) mass is 351 g/mol. The Kier molecular flexibility index (Phi) is 5.34. The molecule has 2 aromatic heterocycles. The summed E-state index contributed by atoms with van der Waals surface area (Å²) < 4.78 is 5.29. The van der Waals surface area contributed by atoms with Crippen molar-refractivity contribution < 1.29 is 9.84 Å². The van der Waals surface area contributed by atoms with Gasteiger partial charge in [-0.25, -0.2) is 4.98 Å². The lowest BCUT2D eigenvalue weighted by molar-refractivity contribution is 0.0174. The molecule has 0 saturated heterocycles. The summed E-state index contributed by atoms with van der Waals surface area (Å²) in [5.41, 5.74) is 0.948. The SMILES string of the molecule is CCOCC(O)CN(Cc1nc2sc(C)c(C)c2c(=O)[nH]1)C1CC1. The van der Waals surface area contributed by atoms with Crippen LogP contribution < -0.4 is 5.56 Å². The molecule has 1 unspecified atom stereocenters. The van der Waals surface area contributed by atoms with Crippen molar-refractivity contribution in [3.63, 3.8) is 0 Å². The van der Waals surface area contributed by atoms with Gasteiger partial charge in [-0.15, -0.1) is 11.3 Å². The van der Waals surface area contributed by atoms with E-state index in [-0.39, 0.29) is 5.56 Å². The molecule has 7 heteroatoms.